The van der Waals surface area contributed by atoms with Crippen LogP contribution in [0.25, 0.3) is 10.8 Å². The highest BCUT2D eigenvalue weighted by atomic mass is 14.9. The van der Waals surface area contributed by atoms with Crippen LogP contribution in [0, 0.1) is 5.92 Å². The number of hydrogen-bond donors (Lipinski definition) is 1. The molecule has 1 atom stereocenters. The normalized spacial score (nSPS) is 13.1. The van der Waals surface area contributed by atoms with Crippen molar-refractivity contribution in [1.29, 1.82) is 0 Å². The first-order valence-electron chi connectivity index (χ1n) is 7.29. The zero-order valence-corrected chi connectivity index (χ0v) is 12.2. The highest BCUT2D eigenvalue weighted by Gasteiger charge is 2.15. The molecule has 2 heteroatoms. The van der Waals surface area contributed by atoms with Gasteiger partial charge in [0.2, 0.25) is 0 Å². The number of nitrogens with one attached hydrogen (secondary N) is 1. The van der Waals surface area contributed by atoms with Crippen molar-refractivity contribution in [1.82, 2.24) is 10.3 Å². The summed E-state index contributed by atoms with van der Waals surface area (Å²) < 4.78 is 0. The fourth-order valence-electron chi connectivity index (χ4n) is 2.50. The van der Waals surface area contributed by atoms with Crippen molar-refractivity contribution < 1.29 is 0 Å². The lowest BCUT2D eigenvalue weighted by molar-refractivity contribution is 0.444. The third kappa shape index (κ3) is 3.54. The molecule has 0 aliphatic rings. The predicted octanol–water partition coefficient (Wildman–Crippen LogP) is 4.32. The van der Waals surface area contributed by atoms with E-state index in [1.165, 1.54) is 22.9 Å². The summed E-state index contributed by atoms with van der Waals surface area (Å²) in [7, 11) is 0. The average molecular weight is 256 g/mol. The van der Waals surface area contributed by atoms with Crippen LogP contribution in [0.2, 0.25) is 0 Å². The summed E-state index contributed by atoms with van der Waals surface area (Å²) in [5.74, 6) is 0.733. The molecule has 19 heavy (non-hydrogen) atoms. The van der Waals surface area contributed by atoms with E-state index in [9.17, 15) is 0 Å². The second-order valence-electron chi connectivity index (χ2n) is 5.50. The van der Waals surface area contributed by atoms with E-state index in [2.05, 4.69) is 61.4 Å². The van der Waals surface area contributed by atoms with Crippen LogP contribution in [-0.2, 0) is 0 Å². The first-order chi connectivity index (χ1) is 9.22. The lowest BCUT2D eigenvalue weighted by Crippen LogP contribution is -2.22. The molecule has 1 unspecified atom stereocenters. The van der Waals surface area contributed by atoms with Gasteiger partial charge in [-0.2, -0.15) is 0 Å². The lowest BCUT2D eigenvalue weighted by atomic mass is 9.97. The highest BCUT2D eigenvalue weighted by molar-refractivity contribution is 5.84. The Morgan fingerprint density at radius 3 is 2.63 bits per heavy atom. The van der Waals surface area contributed by atoms with Gasteiger partial charge in [-0.25, -0.2) is 0 Å². The molecule has 2 aromatic rings. The van der Waals surface area contributed by atoms with E-state index in [-0.39, 0.29) is 0 Å². The summed E-state index contributed by atoms with van der Waals surface area (Å²) in [5, 5.41) is 6.14. The van der Waals surface area contributed by atoms with Gasteiger partial charge in [0.1, 0.15) is 0 Å². The fraction of sp³-hybridized carbons (Fsp3) is 0.471. The summed E-state index contributed by atoms with van der Waals surface area (Å²) in [6.07, 6.45) is 4.30. The quantitative estimate of drug-likeness (QED) is 0.832. The van der Waals surface area contributed by atoms with Gasteiger partial charge in [0.15, 0.2) is 0 Å². The molecule has 102 valence electrons. The van der Waals surface area contributed by atoms with Gasteiger partial charge in [0, 0.05) is 11.6 Å². The van der Waals surface area contributed by atoms with Gasteiger partial charge in [0.05, 0.1) is 11.7 Å². The van der Waals surface area contributed by atoms with Crippen LogP contribution in [0.15, 0.2) is 36.5 Å². The first kappa shape index (κ1) is 14.0. The van der Waals surface area contributed by atoms with Gasteiger partial charge in [-0.15, -0.1) is 0 Å². The van der Waals surface area contributed by atoms with Gasteiger partial charge >= 0.3 is 0 Å². The average Bonchev–Trinajstić information content (AvgIpc) is 2.43. The Morgan fingerprint density at radius 1 is 1.11 bits per heavy atom. The molecule has 1 heterocycles. The molecule has 1 N–H and O–H groups in total. The summed E-state index contributed by atoms with van der Waals surface area (Å²) >= 11 is 0. The van der Waals surface area contributed by atoms with Crippen molar-refractivity contribution in [2.24, 2.45) is 5.92 Å². The number of aromatic nitrogens is 1. The SMILES string of the molecule is CCNC(CCC(C)C)c1nccc2ccccc12. The largest absolute Gasteiger partial charge is 0.309 e. The van der Waals surface area contributed by atoms with Crippen molar-refractivity contribution in [2.45, 2.75) is 39.7 Å². The highest BCUT2D eigenvalue weighted by Crippen LogP contribution is 2.26. The Hall–Kier alpha value is -1.41. The molecule has 0 aliphatic carbocycles. The summed E-state index contributed by atoms with van der Waals surface area (Å²) in [6, 6.07) is 11.0. The topological polar surface area (TPSA) is 24.9 Å². The number of benzene rings is 1. The standard InChI is InChI=1S/C17H24N2/c1-4-18-16(10-9-13(2)3)17-15-8-6-5-7-14(15)11-12-19-17/h5-8,11-13,16,18H,4,9-10H2,1-3H3. The monoisotopic (exact) mass is 256 g/mol. The molecular formula is C17H24N2. The molecule has 0 spiro atoms. The van der Waals surface area contributed by atoms with E-state index in [4.69, 9.17) is 0 Å². The van der Waals surface area contributed by atoms with Gasteiger partial charge < -0.3 is 5.32 Å². The van der Waals surface area contributed by atoms with Gasteiger partial charge in [-0.1, -0.05) is 45.0 Å². The zero-order valence-electron chi connectivity index (χ0n) is 12.2. The second kappa shape index (κ2) is 6.67. The molecule has 1 aromatic heterocycles. The van der Waals surface area contributed by atoms with Crippen LogP contribution in [0.1, 0.15) is 45.3 Å². The minimum Gasteiger partial charge on any atom is -0.309 e. The van der Waals surface area contributed by atoms with E-state index in [0.29, 0.717) is 6.04 Å². The molecule has 0 saturated heterocycles. The Balaban J connectivity index is 2.32. The smallest absolute Gasteiger partial charge is 0.0651 e. The van der Waals surface area contributed by atoms with E-state index >= 15 is 0 Å². The molecule has 2 rings (SSSR count). The van der Waals surface area contributed by atoms with Crippen LogP contribution < -0.4 is 5.32 Å². The number of pyridine rings is 1. The van der Waals surface area contributed by atoms with E-state index < -0.39 is 0 Å². The van der Waals surface area contributed by atoms with E-state index in [1.54, 1.807) is 0 Å². The summed E-state index contributed by atoms with van der Waals surface area (Å²) in [6.45, 7) is 7.69. The number of fused-ring (bicyclic) bond motifs is 1. The Labute approximate surface area is 116 Å². The van der Waals surface area contributed by atoms with Crippen LogP contribution in [0.5, 0.6) is 0 Å². The Bertz CT molecular complexity index is 514. The minimum absolute atomic E-state index is 0.360. The summed E-state index contributed by atoms with van der Waals surface area (Å²) in [5.41, 5.74) is 1.20. The van der Waals surface area contributed by atoms with Crippen molar-refractivity contribution in [3.05, 3.63) is 42.2 Å². The predicted molar refractivity (Wildman–Crippen MR) is 82.2 cm³/mol. The van der Waals surface area contributed by atoms with Crippen LogP contribution in [0.3, 0.4) is 0 Å². The van der Waals surface area contributed by atoms with Gasteiger partial charge in [-0.3, -0.25) is 4.98 Å². The molecule has 0 amide bonds. The van der Waals surface area contributed by atoms with Gasteiger partial charge in [0.25, 0.3) is 0 Å². The molecule has 0 aliphatic heterocycles. The van der Waals surface area contributed by atoms with Crippen molar-refractivity contribution in [3.8, 4) is 0 Å². The molecule has 0 bridgehead atoms. The zero-order chi connectivity index (χ0) is 13.7. The number of nitrogens with zero attached hydrogens (tertiary/aromatic N) is 1. The fourth-order valence-corrected chi connectivity index (χ4v) is 2.50. The third-order valence-electron chi connectivity index (χ3n) is 3.52. The second-order valence-corrected chi connectivity index (χ2v) is 5.50. The van der Waals surface area contributed by atoms with Crippen LogP contribution in [-0.4, -0.2) is 11.5 Å². The van der Waals surface area contributed by atoms with Crippen LogP contribution in [0.4, 0.5) is 0 Å². The maximum Gasteiger partial charge on any atom is 0.0651 e. The van der Waals surface area contributed by atoms with E-state index in [0.717, 1.165) is 18.9 Å². The first-order valence-corrected chi connectivity index (χ1v) is 7.29. The molecule has 0 radical (unpaired) electrons. The van der Waals surface area contributed by atoms with Gasteiger partial charge in [-0.05, 0) is 36.8 Å². The Kier molecular flexibility index (Phi) is 4.92. The lowest BCUT2D eigenvalue weighted by Gasteiger charge is -2.20. The van der Waals surface area contributed by atoms with Crippen molar-refractivity contribution in [2.75, 3.05) is 6.54 Å². The molecule has 0 saturated carbocycles. The third-order valence-corrected chi connectivity index (χ3v) is 3.52. The maximum atomic E-state index is 4.64. The number of hydrogen-bond acceptors (Lipinski definition) is 2. The maximum absolute atomic E-state index is 4.64. The van der Waals surface area contributed by atoms with Crippen LogP contribution >= 0.6 is 0 Å². The van der Waals surface area contributed by atoms with Crippen molar-refractivity contribution >= 4 is 10.8 Å². The van der Waals surface area contributed by atoms with E-state index in [1.807, 2.05) is 6.20 Å². The molecule has 2 nitrogen and oxygen atoms in total. The Morgan fingerprint density at radius 2 is 1.89 bits per heavy atom. The summed E-state index contributed by atoms with van der Waals surface area (Å²) in [4.78, 5) is 4.64. The minimum atomic E-state index is 0.360. The van der Waals surface area contributed by atoms with Crippen molar-refractivity contribution in [3.63, 3.8) is 0 Å². The molecular weight excluding hydrogens is 232 g/mol. The molecule has 1 aromatic carbocycles. The number of rotatable bonds is 6. The molecule has 0 fully saturated rings.